The lowest BCUT2D eigenvalue weighted by Crippen LogP contribution is -2.49. The van der Waals surface area contributed by atoms with Crippen molar-refractivity contribution in [3.63, 3.8) is 0 Å². The van der Waals surface area contributed by atoms with E-state index in [-0.39, 0.29) is 12.8 Å². The van der Waals surface area contributed by atoms with Crippen LogP contribution in [0.15, 0.2) is 0 Å². The van der Waals surface area contributed by atoms with Crippen molar-refractivity contribution >= 4 is 24.3 Å². The predicted molar refractivity (Wildman–Crippen MR) is 72.7 cm³/mol. The van der Waals surface area contributed by atoms with Crippen LogP contribution in [0, 0.1) is 0 Å². The summed E-state index contributed by atoms with van der Waals surface area (Å²) in [4.78, 5) is 43.7. The molecular formula is C12H21N3O6. The molecule has 0 aromatic rings. The van der Waals surface area contributed by atoms with Crippen molar-refractivity contribution in [3.05, 3.63) is 0 Å². The summed E-state index contributed by atoms with van der Waals surface area (Å²) in [6.07, 6.45) is 1.71. The molecule has 0 aliphatic heterocycles. The Hall–Kier alpha value is -2.16. The van der Waals surface area contributed by atoms with Gasteiger partial charge in [0.25, 0.3) is 0 Å². The van der Waals surface area contributed by atoms with Gasteiger partial charge in [-0.15, -0.1) is 0 Å². The summed E-state index contributed by atoms with van der Waals surface area (Å²) in [7, 11) is 0. The zero-order valence-corrected chi connectivity index (χ0v) is 11.6. The first-order valence-electron chi connectivity index (χ1n) is 6.57. The zero-order valence-electron chi connectivity index (χ0n) is 11.6. The maximum atomic E-state index is 11.6. The van der Waals surface area contributed by atoms with Crippen LogP contribution in [0.2, 0.25) is 0 Å². The number of rotatable bonds is 11. The van der Waals surface area contributed by atoms with E-state index in [9.17, 15) is 19.2 Å². The van der Waals surface area contributed by atoms with Crippen molar-refractivity contribution in [2.45, 2.75) is 44.2 Å². The summed E-state index contributed by atoms with van der Waals surface area (Å²) >= 11 is 0. The largest absolute Gasteiger partial charge is 0.481 e. The second-order valence-electron chi connectivity index (χ2n) is 4.47. The third-order valence-electron chi connectivity index (χ3n) is 2.70. The molecule has 0 unspecified atom stereocenters. The Kier molecular flexibility index (Phi) is 9.52. The number of carboxylic acids is 2. The fourth-order valence-electron chi connectivity index (χ4n) is 1.58. The Morgan fingerprint density at radius 3 is 2.24 bits per heavy atom. The number of aldehydes is 1. The van der Waals surface area contributed by atoms with Gasteiger partial charge in [0.2, 0.25) is 0 Å². The van der Waals surface area contributed by atoms with Crippen LogP contribution in [0.1, 0.15) is 32.1 Å². The highest BCUT2D eigenvalue weighted by molar-refractivity contribution is 5.84. The molecule has 2 atom stereocenters. The quantitative estimate of drug-likeness (QED) is 0.249. The van der Waals surface area contributed by atoms with Crippen LogP contribution < -0.4 is 16.4 Å². The molecule has 0 bridgehead atoms. The van der Waals surface area contributed by atoms with E-state index in [1.54, 1.807) is 0 Å². The summed E-state index contributed by atoms with van der Waals surface area (Å²) < 4.78 is 0. The molecule has 2 amide bonds. The number of nitrogens with one attached hydrogen (secondary N) is 2. The molecule has 0 heterocycles. The summed E-state index contributed by atoms with van der Waals surface area (Å²) in [5.74, 6) is -2.49. The summed E-state index contributed by atoms with van der Waals surface area (Å²) in [6, 6.07) is -2.87. The Bertz CT molecular complexity index is 374. The minimum atomic E-state index is -1.34. The second-order valence-corrected chi connectivity index (χ2v) is 4.47. The fraction of sp³-hybridized carbons (Fsp3) is 0.667. The number of amides is 2. The van der Waals surface area contributed by atoms with E-state index in [4.69, 9.17) is 15.9 Å². The number of aliphatic carboxylic acids is 2. The maximum absolute atomic E-state index is 11.6. The Morgan fingerprint density at radius 2 is 1.76 bits per heavy atom. The number of urea groups is 1. The van der Waals surface area contributed by atoms with E-state index < -0.39 is 30.1 Å². The highest BCUT2D eigenvalue weighted by Crippen LogP contribution is 2.00. The first-order valence-corrected chi connectivity index (χ1v) is 6.57. The standard InChI is InChI=1S/C12H21N3O6/c13-6-2-1-3-8(7-16)14-12(21)15-9(11(19)20)4-5-10(17)18/h7-9H,1-6,13H2,(H,17,18)(H,19,20)(H2,14,15,21)/t8-,9-/m0/s1. The van der Waals surface area contributed by atoms with Gasteiger partial charge >= 0.3 is 18.0 Å². The topological polar surface area (TPSA) is 159 Å². The van der Waals surface area contributed by atoms with Gasteiger partial charge in [0, 0.05) is 6.42 Å². The van der Waals surface area contributed by atoms with Crippen LogP contribution in [0.4, 0.5) is 4.79 Å². The lowest BCUT2D eigenvalue weighted by Gasteiger charge is -2.17. The minimum absolute atomic E-state index is 0.239. The van der Waals surface area contributed by atoms with Gasteiger partial charge < -0.3 is 31.4 Å². The predicted octanol–water partition coefficient (Wildman–Crippen LogP) is -0.700. The van der Waals surface area contributed by atoms with E-state index in [1.807, 2.05) is 0 Å². The van der Waals surface area contributed by atoms with Gasteiger partial charge in [-0.2, -0.15) is 0 Å². The van der Waals surface area contributed by atoms with Crippen LogP contribution in [-0.4, -0.2) is 53.1 Å². The van der Waals surface area contributed by atoms with Crippen LogP contribution in [-0.2, 0) is 14.4 Å². The van der Waals surface area contributed by atoms with Crippen molar-refractivity contribution in [1.29, 1.82) is 0 Å². The highest BCUT2D eigenvalue weighted by Gasteiger charge is 2.22. The summed E-state index contributed by atoms with van der Waals surface area (Å²) in [5.41, 5.74) is 5.31. The molecular weight excluding hydrogens is 282 g/mol. The molecule has 0 radical (unpaired) electrons. The van der Waals surface area contributed by atoms with E-state index in [1.165, 1.54) is 0 Å². The van der Waals surface area contributed by atoms with Crippen molar-refractivity contribution in [2.24, 2.45) is 5.73 Å². The lowest BCUT2D eigenvalue weighted by molar-refractivity contribution is -0.140. The van der Waals surface area contributed by atoms with E-state index in [0.29, 0.717) is 32.1 Å². The van der Waals surface area contributed by atoms with Gasteiger partial charge in [-0.3, -0.25) is 4.79 Å². The summed E-state index contributed by atoms with van der Waals surface area (Å²) in [6.45, 7) is 0.480. The van der Waals surface area contributed by atoms with Crippen molar-refractivity contribution in [3.8, 4) is 0 Å². The molecule has 6 N–H and O–H groups in total. The molecule has 0 saturated carbocycles. The van der Waals surface area contributed by atoms with Crippen LogP contribution in [0.5, 0.6) is 0 Å². The van der Waals surface area contributed by atoms with E-state index in [0.717, 1.165) is 0 Å². The maximum Gasteiger partial charge on any atom is 0.326 e. The van der Waals surface area contributed by atoms with E-state index in [2.05, 4.69) is 10.6 Å². The van der Waals surface area contributed by atoms with Gasteiger partial charge in [0.1, 0.15) is 12.3 Å². The monoisotopic (exact) mass is 303 g/mol. The smallest absolute Gasteiger partial charge is 0.326 e. The first-order chi connectivity index (χ1) is 9.90. The molecule has 9 heteroatoms. The number of hydrogen-bond donors (Lipinski definition) is 5. The number of carbonyl (C=O) groups excluding carboxylic acids is 2. The SMILES string of the molecule is NCCCC[C@@H](C=O)NC(=O)N[C@@H](CCC(=O)O)C(=O)O. The molecule has 120 valence electrons. The molecule has 0 aromatic heterocycles. The lowest BCUT2D eigenvalue weighted by atomic mass is 10.1. The molecule has 0 fully saturated rings. The average Bonchev–Trinajstić information content (AvgIpc) is 2.41. The Labute approximate surface area is 121 Å². The molecule has 21 heavy (non-hydrogen) atoms. The van der Waals surface area contributed by atoms with Crippen LogP contribution in [0.25, 0.3) is 0 Å². The zero-order chi connectivity index (χ0) is 16.3. The first kappa shape index (κ1) is 18.8. The van der Waals surface area contributed by atoms with Crippen LogP contribution >= 0.6 is 0 Å². The Balaban J connectivity index is 4.30. The number of unbranched alkanes of at least 4 members (excludes halogenated alkanes) is 1. The molecule has 0 saturated heterocycles. The summed E-state index contributed by atoms with van der Waals surface area (Å²) in [5, 5.41) is 21.8. The minimum Gasteiger partial charge on any atom is -0.481 e. The third-order valence-corrected chi connectivity index (χ3v) is 2.70. The number of nitrogens with two attached hydrogens (primary N) is 1. The molecule has 0 aromatic carbocycles. The molecule has 9 nitrogen and oxygen atoms in total. The van der Waals surface area contributed by atoms with Crippen molar-refractivity contribution < 1.29 is 29.4 Å². The highest BCUT2D eigenvalue weighted by atomic mass is 16.4. The van der Waals surface area contributed by atoms with Gasteiger partial charge in [-0.25, -0.2) is 9.59 Å². The third kappa shape index (κ3) is 9.38. The Morgan fingerprint density at radius 1 is 1.10 bits per heavy atom. The fourth-order valence-corrected chi connectivity index (χ4v) is 1.58. The number of carboxylic acid groups (broad SMARTS) is 2. The number of carbonyl (C=O) groups is 4. The molecule has 0 aliphatic carbocycles. The average molecular weight is 303 g/mol. The van der Waals surface area contributed by atoms with Crippen molar-refractivity contribution in [2.75, 3.05) is 6.54 Å². The van der Waals surface area contributed by atoms with Crippen LogP contribution in [0.3, 0.4) is 0 Å². The second kappa shape index (κ2) is 10.6. The normalized spacial score (nSPS) is 13.0. The van der Waals surface area contributed by atoms with Gasteiger partial charge in [-0.05, 0) is 32.2 Å². The van der Waals surface area contributed by atoms with E-state index >= 15 is 0 Å². The molecule has 0 aliphatic rings. The van der Waals surface area contributed by atoms with Crippen molar-refractivity contribution in [1.82, 2.24) is 10.6 Å². The van der Waals surface area contributed by atoms with Gasteiger partial charge in [-0.1, -0.05) is 0 Å². The van der Waals surface area contributed by atoms with Gasteiger partial charge in [0.15, 0.2) is 0 Å². The molecule has 0 spiro atoms. The van der Waals surface area contributed by atoms with Gasteiger partial charge in [0.05, 0.1) is 6.04 Å². The molecule has 0 rings (SSSR count). The number of hydrogen-bond acceptors (Lipinski definition) is 5.